The van der Waals surface area contributed by atoms with Crippen LogP contribution in [0.3, 0.4) is 0 Å². The Morgan fingerprint density at radius 2 is 1.69 bits per heavy atom. The molecule has 9 nitrogen and oxygen atoms in total. The van der Waals surface area contributed by atoms with Crippen LogP contribution in [0, 0.1) is 0 Å². The zero-order valence-electron chi connectivity index (χ0n) is 21.7. The highest BCUT2D eigenvalue weighted by atomic mass is 16.5. The predicted octanol–water partition coefficient (Wildman–Crippen LogP) is 5.20. The van der Waals surface area contributed by atoms with Crippen molar-refractivity contribution in [2.45, 2.75) is 38.0 Å². The Hall–Kier alpha value is -4.37. The molecular formula is C30H31N3O6. The van der Waals surface area contributed by atoms with E-state index in [2.05, 4.69) is 10.5 Å². The Morgan fingerprint density at radius 3 is 2.33 bits per heavy atom. The number of methoxy groups -OCH3 is 1. The van der Waals surface area contributed by atoms with Gasteiger partial charge in [-0.25, -0.2) is 0 Å². The van der Waals surface area contributed by atoms with Crippen LogP contribution in [0.1, 0.15) is 70.0 Å². The minimum Gasteiger partial charge on any atom is -0.503 e. The Morgan fingerprint density at radius 1 is 1.00 bits per heavy atom. The smallest absolute Gasteiger partial charge is 0.251 e. The molecule has 1 aliphatic rings. The van der Waals surface area contributed by atoms with Gasteiger partial charge in [0.1, 0.15) is 12.0 Å². The lowest BCUT2D eigenvalue weighted by Gasteiger charge is -2.25. The number of hydrogen-bond acceptors (Lipinski definition) is 7. The van der Waals surface area contributed by atoms with E-state index in [9.17, 15) is 19.8 Å². The van der Waals surface area contributed by atoms with Gasteiger partial charge in [0.05, 0.1) is 12.2 Å². The molecule has 1 fully saturated rings. The standard InChI is InChI=1S/C30H31N3O6/c1-38-18-16-31-29(36)22-9-7-21(8-10-22)27(34)25-26(20-5-3-2-4-6-20)33(30(37)28(25)35)23-13-11-19(12-14-23)24-15-17-39-32-24/h7-15,17,20,35,37H,2-6,16,18H2,1H3,(H,31,36). The third-order valence-corrected chi connectivity index (χ3v) is 7.24. The summed E-state index contributed by atoms with van der Waals surface area (Å²) in [6.45, 7) is 0.774. The molecule has 0 radical (unpaired) electrons. The minimum atomic E-state index is -0.442. The highest BCUT2D eigenvalue weighted by Crippen LogP contribution is 2.46. The summed E-state index contributed by atoms with van der Waals surface area (Å²) in [7, 11) is 1.56. The molecule has 0 spiro atoms. The molecular weight excluding hydrogens is 498 g/mol. The SMILES string of the molecule is COCCNC(=O)c1ccc(C(=O)c2c(O)c(O)n(-c3ccc(-c4ccon4)cc3)c2C2CCCCC2)cc1. The van der Waals surface area contributed by atoms with Gasteiger partial charge in [0.15, 0.2) is 11.5 Å². The van der Waals surface area contributed by atoms with Crippen molar-refractivity contribution in [2.75, 3.05) is 20.3 Å². The van der Waals surface area contributed by atoms with Crippen LogP contribution >= 0.6 is 0 Å². The van der Waals surface area contributed by atoms with Gasteiger partial charge >= 0.3 is 0 Å². The highest BCUT2D eigenvalue weighted by Gasteiger charge is 2.33. The van der Waals surface area contributed by atoms with E-state index in [1.165, 1.54) is 6.26 Å². The van der Waals surface area contributed by atoms with Crippen molar-refractivity contribution in [3.63, 3.8) is 0 Å². The molecule has 2 heterocycles. The molecule has 0 saturated heterocycles. The fourth-order valence-electron chi connectivity index (χ4n) is 5.24. The maximum Gasteiger partial charge on any atom is 0.251 e. The van der Waals surface area contributed by atoms with Crippen LogP contribution in [0.2, 0.25) is 0 Å². The fraction of sp³-hybridized carbons (Fsp3) is 0.300. The molecule has 1 amide bonds. The van der Waals surface area contributed by atoms with E-state index < -0.39 is 11.5 Å². The number of carbonyl (C=O) groups excluding carboxylic acids is 2. The number of nitrogens with zero attached hydrogens (tertiary/aromatic N) is 2. The lowest BCUT2D eigenvalue weighted by molar-refractivity contribution is 0.0935. The summed E-state index contributed by atoms with van der Waals surface area (Å²) in [6.07, 6.45) is 6.31. The van der Waals surface area contributed by atoms with Gasteiger partial charge in [0.25, 0.3) is 5.91 Å². The van der Waals surface area contributed by atoms with E-state index in [1.807, 2.05) is 24.3 Å². The molecule has 2 aromatic carbocycles. The highest BCUT2D eigenvalue weighted by molar-refractivity contribution is 6.12. The number of benzene rings is 2. The second-order valence-corrected chi connectivity index (χ2v) is 9.69. The number of amides is 1. The third-order valence-electron chi connectivity index (χ3n) is 7.24. The molecule has 0 unspecified atom stereocenters. The zero-order valence-corrected chi connectivity index (χ0v) is 21.7. The van der Waals surface area contributed by atoms with E-state index in [-0.39, 0.29) is 23.3 Å². The number of carbonyl (C=O) groups is 2. The summed E-state index contributed by atoms with van der Waals surface area (Å²) in [5.74, 6) is -1.50. The van der Waals surface area contributed by atoms with Crippen LogP contribution in [0.4, 0.5) is 0 Å². The van der Waals surface area contributed by atoms with Gasteiger partial charge in [-0.15, -0.1) is 0 Å². The Labute approximate surface area is 226 Å². The lowest BCUT2D eigenvalue weighted by Crippen LogP contribution is -2.26. The van der Waals surface area contributed by atoms with Gasteiger partial charge in [-0.05, 0) is 37.1 Å². The average molecular weight is 530 g/mol. The molecule has 0 bridgehead atoms. The lowest BCUT2D eigenvalue weighted by atomic mass is 9.84. The van der Waals surface area contributed by atoms with Crippen LogP contribution < -0.4 is 5.32 Å². The first-order valence-electron chi connectivity index (χ1n) is 13.1. The van der Waals surface area contributed by atoms with Gasteiger partial charge in [-0.3, -0.25) is 14.2 Å². The molecule has 3 N–H and O–H groups in total. The van der Waals surface area contributed by atoms with Gasteiger partial charge < -0.3 is 24.8 Å². The summed E-state index contributed by atoms with van der Waals surface area (Å²) in [6, 6.07) is 15.4. The molecule has 202 valence electrons. The first-order valence-corrected chi connectivity index (χ1v) is 13.1. The van der Waals surface area contributed by atoms with E-state index >= 15 is 0 Å². The quantitative estimate of drug-likeness (QED) is 0.201. The van der Waals surface area contributed by atoms with Crippen LogP contribution in [0.25, 0.3) is 16.9 Å². The van der Waals surface area contributed by atoms with E-state index in [1.54, 1.807) is 42.0 Å². The van der Waals surface area contributed by atoms with Crippen molar-refractivity contribution >= 4 is 11.7 Å². The van der Waals surface area contributed by atoms with Gasteiger partial charge in [0, 0.05) is 53.7 Å². The molecule has 0 atom stereocenters. The van der Waals surface area contributed by atoms with Crippen molar-refractivity contribution in [3.8, 4) is 28.6 Å². The topological polar surface area (TPSA) is 127 Å². The maximum atomic E-state index is 13.8. The van der Waals surface area contributed by atoms with Crippen molar-refractivity contribution < 1.29 is 29.1 Å². The number of nitrogens with one attached hydrogen (secondary N) is 1. The Balaban J connectivity index is 1.52. The summed E-state index contributed by atoms with van der Waals surface area (Å²) in [4.78, 5) is 26.2. The number of ketones is 1. The largest absolute Gasteiger partial charge is 0.503 e. The minimum absolute atomic E-state index is 0.00875. The summed E-state index contributed by atoms with van der Waals surface area (Å²) in [5.41, 5.74) is 3.56. The normalized spacial score (nSPS) is 13.9. The Kier molecular flexibility index (Phi) is 7.79. The Bertz CT molecular complexity index is 1430. The first-order chi connectivity index (χ1) is 19.0. The molecule has 0 aliphatic heterocycles. The molecule has 9 heteroatoms. The van der Waals surface area contributed by atoms with Crippen molar-refractivity contribution in [1.29, 1.82) is 0 Å². The summed E-state index contributed by atoms with van der Waals surface area (Å²) >= 11 is 0. The molecule has 2 aromatic heterocycles. The predicted molar refractivity (Wildman–Crippen MR) is 145 cm³/mol. The number of rotatable bonds is 9. The van der Waals surface area contributed by atoms with Crippen LogP contribution in [-0.4, -0.2) is 51.9 Å². The second kappa shape index (κ2) is 11.6. The van der Waals surface area contributed by atoms with Gasteiger partial charge in [-0.2, -0.15) is 0 Å². The number of aromatic hydroxyl groups is 2. The third kappa shape index (κ3) is 5.31. The van der Waals surface area contributed by atoms with E-state index in [0.717, 1.165) is 37.7 Å². The van der Waals surface area contributed by atoms with Crippen LogP contribution in [0.5, 0.6) is 11.6 Å². The number of ether oxygens (including phenoxy) is 1. The molecule has 4 aromatic rings. The number of hydrogen-bond donors (Lipinski definition) is 3. The average Bonchev–Trinajstić information content (AvgIpc) is 3.60. The first kappa shape index (κ1) is 26.2. The second-order valence-electron chi connectivity index (χ2n) is 9.69. The fourth-order valence-corrected chi connectivity index (χ4v) is 5.24. The molecule has 1 aliphatic carbocycles. The molecule has 1 saturated carbocycles. The summed E-state index contributed by atoms with van der Waals surface area (Å²) < 4.78 is 11.5. The van der Waals surface area contributed by atoms with Crippen LogP contribution in [-0.2, 0) is 4.74 Å². The number of aromatic nitrogens is 2. The van der Waals surface area contributed by atoms with Crippen molar-refractivity contribution in [1.82, 2.24) is 15.0 Å². The molecule has 39 heavy (non-hydrogen) atoms. The van der Waals surface area contributed by atoms with E-state index in [4.69, 9.17) is 9.26 Å². The monoisotopic (exact) mass is 529 g/mol. The zero-order chi connectivity index (χ0) is 27.4. The molecule has 5 rings (SSSR count). The van der Waals surface area contributed by atoms with E-state index in [0.29, 0.717) is 41.4 Å². The maximum absolute atomic E-state index is 13.8. The summed E-state index contributed by atoms with van der Waals surface area (Å²) in [5, 5.41) is 28.9. The van der Waals surface area contributed by atoms with Crippen molar-refractivity contribution in [2.24, 2.45) is 0 Å². The van der Waals surface area contributed by atoms with Gasteiger partial charge in [0.2, 0.25) is 5.88 Å². The van der Waals surface area contributed by atoms with Crippen molar-refractivity contribution in [3.05, 3.63) is 83.2 Å². The van der Waals surface area contributed by atoms with Crippen LogP contribution in [0.15, 0.2) is 65.4 Å². The van der Waals surface area contributed by atoms with Gasteiger partial charge in [-0.1, -0.05) is 48.7 Å².